The van der Waals surface area contributed by atoms with E-state index in [4.69, 9.17) is 39.5 Å². The van der Waals surface area contributed by atoms with E-state index in [1.165, 1.54) is 12.1 Å². The van der Waals surface area contributed by atoms with Gasteiger partial charge in [-0.05, 0) is 65.4 Å². The fraction of sp³-hybridized carbons (Fsp3) is 0.0833. The Morgan fingerprint density at radius 1 is 0.970 bits per heavy atom. The van der Waals surface area contributed by atoms with Crippen LogP contribution in [0.1, 0.15) is 16.7 Å². The smallest absolute Gasteiger partial charge is 0.293 e. The first-order chi connectivity index (χ1) is 15.8. The van der Waals surface area contributed by atoms with Gasteiger partial charge in [-0.25, -0.2) is 4.39 Å². The highest BCUT2D eigenvalue weighted by Crippen LogP contribution is 2.35. The van der Waals surface area contributed by atoms with E-state index in [1.807, 2.05) is 0 Å². The molecule has 1 saturated heterocycles. The van der Waals surface area contributed by atoms with E-state index in [-0.39, 0.29) is 33.9 Å². The molecule has 0 spiro atoms. The van der Waals surface area contributed by atoms with E-state index in [0.717, 1.165) is 16.7 Å². The maximum Gasteiger partial charge on any atom is 0.293 e. The van der Waals surface area contributed by atoms with E-state index in [0.29, 0.717) is 26.9 Å². The zero-order valence-corrected chi connectivity index (χ0v) is 19.9. The Morgan fingerprint density at radius 2 is 1.76 bits per heavy atom. The highest BCUT2D eigenvalue weighted by Gasteiger charge is 2.35. The number of ether oxygens (including phenoxy) is 1. The zero-order valence-electron chi connectivity index (χ0n) is 16.9. The Balaban J connectivity index is 1.48. The van der Waals surface area contributed by atoms with Crippen LogP contribution < -0.4 is 4.74 Å². The summed E-state index contributed by atoms with van der Waals surface area (Å²) in [6.45, 7) is -0.00210. The number of amides is 2. The molecule has 0 bridgehead atoms. The number of carbonyl (C=O) groups excluding carboxylic acids is 2. The average molecular weight is 523 g/mol. The summed E-state index contributed by atoms with van der Waals surface area (Å²) in [6, 6.07) is 16.2. The molecule has 2 amide bonds. The van der Waals surface area contributed by atoms with Crippen LogP contribution in [-0.4, -0.2) is 16.0 Å². The van der Waals surface area contributed by atoms with Gasteiger partial charge in [0.2, 0.25) is 0 Å². The molecule has 0 aliphatic carbocycles. The summed E-state index contributed by atoms with van der Waals surface area (Å²) in [4.78, 5) is 26.7. The van der Waals surface area contributed by atoms with Crippen molar-refractivity contribution in [2.24, 2.45) is 0 Å². The molecule has 1 aliphatic heterocycles. The van der Waals surface area contributed by atoms with E-state index >= 15 is 0 Å². The highest BCUT2D eigenvalue weighted by molar-refractivity contribution is 8.18. The van der Waals surface area contributed by atoms with Gasteiger partial charge in [0.1, 0.15) is 18.2 Å². The predicted molar refractivity (Wildman–Crippen MR) is 130 cm³/mol. The highest BCUT2D eigenvalue weighted by atomic mass is 35.5. The molecule has 4 rings (SSSR count). The van der Waals surface area contributed by atoms with Crippen LogP contribution in [0.2, 0.25) is 15.1 Å². The zero-order chi connectivity index (χ0) is 23.5. The van der Waals surface area contributed by atoms with E-state index in [9.17, 15) is 14.0 Å². The van der Waals surface area contributed by atoms with Crippen molar-refractivity contribution in [2.45, 2.75) is 13.2 Å². The summed E-state index contributed by atoms with van der Waals surface area (Å²) in [6.07, 6.45) is 1.61. The maximum atomic E-state index is 14.0. The van der Waals surface area contributed by atoms with Crippen LogP contribution in [0.3, 0.4) is 0 Å². The Kier molecular flexibility index (Phi) is 7.29. The van der Waals surface area contributed by atoms with Gasteiger partial charge in [0, 0.05) is 15.6 Å². The van der Waals surface area contributed by atoms with Crippen LogP contribution in [0.15, 0.2) is 65.6 Å². The number of halogens is 4. The SMILES string of the molecule is O=C1S/C(=C/c2cccc(OCc3c(F)cccc3Cl)c2)C(=O)N1Cc1ccc(Cl)cc1Cl. The lowest BCUT2D eigenvalue weighted by Gasteiger charge is -2.13. The van der Waals surface area contributed by atoms with E-state index < -0.39 is 11.7 Å². The minimum atomic E-state index is -0.451. The molecule has 168 valence electrons. The summed E-state index contributed by atoms with van der Waals surface area (Å²) < 4.78 is 19.6. The van der Waals surface area contributed by atoms with Crippen molar-refractivity contribution < 1.29 is 18.7 Å². The maximum absolute atomic E-state index is 14.0. The monoisotopic (exact) mass is 521 g/mol. The summed E-state index contributed by atoms with van der Waals surface area (Å²) in [7, 11) is 0. The van der Waals surface area contributed by atoms with Crippen molar-refractivity contribution in [1.29, 1.82) is 0 Å². The second-order valence-corrected chi connectivity index (χ2v) is 9.31. The van der Waals surface area contributed by atoms with Crippen molar-refractivity contribution >= 4 is 63.8 Å². The van der Waals surface area contributed by atoms with Gasteiger partial charge in [-0.3, -0.25) is 14.5 Å². The number of benzene rings is 3. The molecule has 0 N–H and O–H groups in total. The standard InChI is InChI=1S/C24H15Cl3FNO3S/c25-16-8-7-15(20(27)11-16)12-29-23(30)22(33-24(29)31)10-14-3-1-4-17(9-14)32-13-18-19(26)5-2-6-21(18)28/h1-11H,12-13H2/b22-10+. The topological polar surface area (TPSA) is 46.6 Å². The molecule has 1 aliphatic rings. The van der Waals surface area contributed by atoms with Crippen LogP contribution in [0.5, 0.6) is 5.75 Å². The number of rotatable bonds is 6. The quantitative estimate of drug-likeness (QED) is 0.313. The molecule has 3 aromatic rings. The fourth-order valence-electron chi connectivity index (χ4n) is 3.13. The Labute approximate surface area is 208 Å². The van der Waals surface area contributed by atoms with Gasteiger partial charge < -0.3 is 4.74 Å². The fourth-order valence-corrected chi connectivity index (χ4v) is 4.65. The van der Waals surface area contributed by atoms with Gasteiger partial charge >= 0.3 is 0 Å². The van der Waals surface area contributed by atoms with E-state index in [1.54, 1.807) is 54.6 Å². The van der Waals surface area contributed by atoms with Crippen LogP contribution >= 0.6 is 46.6 Å². The Bertz CT molecular complexity index is 1260. The Hall–Kier alpha value is -2.51. The summed E-state index contributed by atoms with van der Waals surface area (Å²) >= 11 is 19.0. The number of imide groups is 1. The lowest BCUT2D eigenvalue weighted by atomic mass is 10.2. The van der Waals surface area contributed by atoms with Crippen LogP contribution in [0.4, 0.5) is 9.18 Å². The van der Waals surface area contributed by atoms with Crippen LogP contribution in [0.25, 0.3) is 6.08 Å². The van der Waals surface area contributed by atoms with Gasteiger partial charge in [-0.2, -0.15) is 0 Å². The van der Waals surface area contributed by atoms with Crippen LogP contribution in [-0.2, 0) is 17.9 Å². The second kappa shape index (κ2) is 10.2. The number of thioether (sulfide) groups is 1. The second-order valence-electron chi connectivity index (χ2n) is 7.06. The molecule has 0 radical (unpaired) electrons. The van der Waals surface area contributed by atoms with Crippen molar-refractivity contribution in [3.63, 3.8) is 0 Å². The number of carbonyl (C=O) groups is 2. The van der Waals surface area contributed by atoms with Gasteiger partial charge in [0.15, 0.2) is 0 Å². The first kappa shape index (κ1) is 23.6. The van der Waals surface area contributed by atoms with Gasteiger partial charge in [-0.15, -0.1) is 0 Å². The first-order valence-electron chi connectivity index (χ1n) is 9.67. The lowest BCUT2D eigenvalue weighted by Crippen LogP contribution is -2.27. The molecule has 4 nitrogen and oxygen atoms in total. The molecule has 1 heterocycles. The summed E-state index contributed by atoms with van der Waals surface area (Å²) in [5.41, 5.74) is 1.53. The van der Waals surface area contributed by atoms with Crippen molar-refractivity contribution in [1.82, 2.24) is 4.90 Å². The number of hydrogen-bond acceptors (Lipinski definition) is 4. The molecule has 33 heavy (non-hydrogen) atoms. The van der Waals surface area contributed by atoms with Crippen molar-refractivity contribution in [3.8, 4) is 5.75 Å². The first-order valence-corrected chi connectivity index (χ1v) is 11.6. The third-order valence-electron chi connectivity index (χ3n) is 4.82. The largest absolute Gasteiger partial charge is 0.489 e. The van der Waals surface area contributed by atoms with Gasteiger partial charge in [-0.1, -0.05) is 59.1 Å². The van der Waals surface area contributed by atoms with E-state index in [2.05, 4.69) is 0 Å². The molecule has 0 unspecified atom stereocenters. The Morgan fingerprint density at radius 3 is 2.52 bits per heavy atom. The molecule has 1 fully saturated rings. The van der Waals surface area contributed by atoms with Crippen molar-refractivity contribution in [3.05, 3.63) is 103 Å². The van der Waals surface area contributed by atoms with Gasteiger partial charge in [0.05, 0.1) is 16.5 Å². The van der Waals surface area contributed by atoms with Crippen molar-refractivity contribution in [2.75, 3.05) is 0 Å². The molecular formula is C24H15Cl3FNO3S. The molecular weight excluding hydrogens is 508 g/mol. The van der Waals surface area contributed by atoms with Gasteiger partial charge in [0.25, 0.3) is 11.1 Å². The minimum Gasteiger partial charge on any atom is -0.489 e. The normalized spacial score (nSPS) is 14.9. The molecule has 3 aromatic carbocycles. The average Bonchev–Trinajstić information content (AvgIpc) is 3.03. The third-order valence-corrected chi connectivity index (χ3v) is 6.67. The number of hydrogen-bond donors (Lipinski definition) is 0. The molecule has 9 heteroatoms. The molecule has 0 atom stereocenters. The predicted octanol–water partition coefficient (Wildman–Crippen LogP) is 7.60. The summed E-state index contributed by atoms with van der Waals surface area (Å²) in [5, 5.41) is 0.738. The minimum absolute atomic E-state index is 0.0462. The summed E-state index contributed by atoms with van der Waals surface area (Å²) in [5.74, 6) is -0.399. The lowest BCUT2D eigenvalue weighted by molar-refractivity contribution is -0.123. The third kappa shape index (κ3) is 5.53. The van der Waals surface area contributed by atoms with Crippen LogP contribution in [0, 0.1) is 5.82 Å². The molecule has 0 aromatic heterocycles. The number of nitrogens with zero attached hydrogens (tertiary/aromatic N) is 1. The molecule has 0 saturated carbocycles.